The Morgan fingerprint density at radius 1 is 1.00 bits per heavy atom. The van der Waals surface area contributed by atoms with Crippen LogP contribution in [0.3, 0.4) is 0 Å². The first kappa shape index (κ1) is 19.2. The molecule has 1 unspecified atom stereocenters. The van der Waals surface area contributed by atoms with E-state index in [0.717, 1.165) is 11.3 Å². The molecule has 1 N–H and O–H groups in total. The SMILES string of the molecule is Cc1cc(NC(C)c2noc(-c3ccccc3)n2)nc(-c2cccc([N+](=O)[O-])c2)n1. The van der Waals surface area contributed by atoms with Crippen LogP contribution in [0.5, 0.6) is 0 Å². The van der Waals surface area contributed by atoms with Gasteiger partial charge in [0.2, 0.25) is 0 Å². The number of benzene rings is 2. The summed E-state index contributed by atoms with van der Waals surface area (Å²) >= 11 is 0. The Morgan fingerprint density at radius 3 is 2.53 bits per heavy atom. The molecular weight excluding hydrogens is 384 g/mol. The Kier molecular flexibility index (Phi) is 5.17. The monoisotopic (exact) mass is 402 g/mol. The Labute approximate surface area is 172 Å². The minimum absolute atomic E-state index is 0.0132. The van der Waals surface area contributed by atoms with Crippen molar-refractivity contribution in [1.29, 1.82) is 0 Å². The van der Waals surface area contributed by atoms with E-state index in [-0.39, 0.29) is 11.7 Å². The van der Waals surface area contributed by atoms with E-state index in [1.54, 1.807) is 18.2 Å². The highest BCUT2D eigenvalue weighted by atomic mass is 16.6. The van der Waals surface area contributed by atoms with Gasteiger partial charge in [0.25, 0.3) is 11.6 Å². The number of nitro benzene ring substituents is 1. The van der Waals surface area contributed by atoms with Gasteiger partial charge in [-0.25, -0.2) is 9.97 Å². The van der Waals surface area contributed by atoms with Gasteiger partial charge in [0, 0.05) is 35.0 Å². The molecule has 0 aliphatic rings. The maximum atomic E-state index is 11.1. The molecule has 0 aliphatic carbocycles. The van der Waals surface area contributed by atoms with Crippen molar-refractivity contribution in [2.24, 2.45) is 0 Å². The van der Waals surface area contributed by atoms with E-state index in [4.69, 9.17) is 4.52 Å². The number of aromatic nitrogens is 4. The molecule has 0 saturated heterocycles. The van der Waals surface area contributed by atoms with Crippen LogP contribution in [-0.4, -0.2) is 25.0 Å². The van der Waals surface area contributed by atoms with Crippen molar-refractivity contribution in [2.75, 3.05) is 5.32 Å². The van der Waals surface area contributed by atoms with E-state index >= 15 is 0 Å². The lowest BCUT2D eigenvalue weighted by atomic mass is 10.2. The highest BCUT2D eigenvalue weighted by molar-refractivity contribution is 5.61. The van der Waals surface area contributed by atoms with E-state index in [0.29, 0.717) is 28.9 Å². The van der Waals surface area contributed by atoms with Gasteiger partial charge in [-0.1, -0.05) is 35.5 Å². The number of hydrogen-bond donors (Lipinski definition) is 1. The van der Waals surface area contributed by atoms with E-state index in [9.17, 15) is 10.1 Å². The zero-order chi connectivity index (χ0) is 21.1. The maximum absolute atomic E-state index is 11.1. The highest BCUT2D eigenvalue weighted by Gasteiger charge is 2.16. The van der Waals surface area contributed by atoms with Gasteiger partial charge in [-0.05, 0) is 26.0 Å². The molecule has 0 amide bonds. The van der Waals surface area contributed by atoms with Crippen molar-refractivity contribution < 1.29 is 9.45 Å². The number of rotatable bonds is 6. The average molecular weight is 402 g/mol. The van der Waals surface area contributed by atoms with Crippen molar-refractivity contribution in [2.45, 2.75) is 19.9 Å². The normalized spacial score (nSPS) is 11.8. The Morgan fingerprint density at radius 2 is 1.77 bits per heavy atom. The number of aryl methyl sites for hydroxylation is 1. The maximum Gasteiger partial charge on any atom is 0.270 e. The summed E-state index contributed by atoms with van der Waals surface area (Å²) in [5.41, 5.74) is 2.11. The number of nitro groups is 1. The fourth-order valence-electron chi connectivity index (χ4n) is 2.93. The Balaban J connectivity index is 1.57. The molecule has 2 aromatic heterocycles. The van der Waals surface area contributed by atoms with Crippen LogP contribution in [0.1, 0.15) is 24.5 Å². The first-order chi connectivity index (χ1) is 14.5. The standard InChI is InChI=1S/C21H18N6O3/c1-13-11-18(24-20(22-13)16-9-6-10-17(12-16)27(28)29)23-14(2)19-25-21(30-26-19)15-7-4-3-5-8-15/h3-12,14H,1-2H3,(H,22,23,24). The van der Waals surface area contributed by atoms with Crippen LogP contribution < -0.4 is 5.32 Å². The Bertz CT molecular complexity index is 1190. The second-order valence-corrected chi connectivity index (χ2v) is 6.72. The van der Waals surface area contributed by atoms with Crippen LogP contribution in [0, 0.1) is 17.0 Å². The molecule has 0 fully saturated rings. The molecular formula is C21H18N6O3. The molecule has 2 heterocycles. The summed E-state index contributed by atoms with van der Waals surface area (Å²) < 4.78 is 5.36. The quantitative estimate of drug-likeness (QED) is 0.367. The number of anilines is 1. The van der Waals surface area contributed by atoms with Gasteiger partial charge in [0.05, 0.1) is 11.0 Å². The van der Waals surface area contributed by atoms with E-state index in [1.807, 2.05) is 44.2 Å². The van der Waals surface area contributed by atoms with Gasteiger partial charge in [-0.15, -0.1) is 0 Å². The first-order valence-corrected chi connectivity index (χ1v) is 9.25. The highest BCUT2D eigenvalue weighted by Crippen LogP contribution is 2.25. The molecule has 0 saturated carbocycles. The summed E-state index contributed by atoms with van der Waals surface area (Å²) in [5.74, 6) is 1.88. The van der Waals surface area contributed by atoms with Crippen molar-refractivity contribution in [3.63, 3.8) is 0 Å². The lowest BCUT2D eigenvalue weighted by Gasteiger charge is -2.12. The van der Waals surface area contributed by atoms with E-state index < -0.39 is 4.92 Å². The largest absolute Gasteiger partial charge is 0.360 e. The number of non-ortho nitro benzene ring substituents is 1. The molecule has 150 valence electrons. The van der Waals surface area contributed by atoms with Gasteiger partial charge >= 0.3 is 0 Å². The third-order valence-electron chi connectivity index (χ3n) is 4.38. The molecule has 4 rings (SSSR count). The Hall–Kier alpha value is -4.14. The molecule has 0 bridgehead atoms. The third kappa shape index (κ3) is 4.14. The number of nitrogens with zero attached hydrogens (tertiary/aromatic N) is 5. The molecule has 4 aromatic rings. The first-order valence-electron chi connectivity index (χ1n) is 9.25. The van der Waals surface area contributed by atoms with Gasteiger partial charge in [0.15, 0.2) is 11.6 Å². The van der Waals surface area contributed by atoms with Crippen molar-refractivity contribution in [3.05, 3.63) is 82.3 Å². The zero-order valence-corrected chi connectivity index (χ0v) is 16.3. The van der Waals surface area contributed by atoms with E-state index in [2.05, 4.69) is 25.4 Å². The molecule has 9 heteroatoms. The topological polar surface area (TPSA) is 120 Å². The molecule has 0 aliphatic heterocycles. The van der Waals surface area contributed by atoms with Crippen LogP contribution >= 0.6 is 0 Å². The molecule has 1 atom stereocenters. The van der Waals surface area contributed by atoms with Crippen LogP contribution in [0.25, 0.3) is 22.8 Å². The second kappa shape index (κ2) is 8.08. The van der Waals surface area contributed by atoms with Crippen molar-refractivity contribution in [3.8, 4) is 22.8 Å². The van der Waals surface area contributed by atoms with Crippen LogP contribution in [-0.2, 0) is 0 Å². The second-order valence-electron chi connectivity index (χ2n) is 6.72. The van der Waals surface area contributed by atoms with Crippen molar-refractivity contribution >= 4 is 11.5 Å². The lowest BCUT2D eigenvalue weighted by molar-refractivity contribution is -0.384. The van der Waals surface area contributed by atoms with Crippen LogP contribution in [0.2, 0.25) is 0 Å². The summed E-state index contributed by atoms with van der Waals surface area (Å²) in [7, 11) is 0. The average Bonchev–Trinajstić information content (AvgIpc) is 3.24. The minimum atomic E-state index is -0.443. The molecule has 2 aromatic carbocycles. The fourth-order valence-corrected chi connectivity index (χ4v) is 2.93. The summed E-state index contributed by atoms with van der Waals surface area (Å²) in [6.45, 7) is 3.73. The molecule has 30 heavy (non-hydrogen) atoms. The number of hydrogen-bond acceptors (Lipinski definition) is 8. The van der Waals surface area contributed by atoms with E-state index in [1.165, 1.54) is 12.1 Å². The van der Waals surface area contributed by atoms with Gasteiger partial charge in [-0.2, -0.15) is 4.98 Å². The van der Waals surface area contributed by atoms with Crippen molar-refractivity contribution in [1.82, 2.24) is 20.1 Å². The molecule has 9 nitrogen and oxygen atoms in total. The lowest BCUT2D eigenvalue weighted by Crippen LogP contribution is -2.10. The van der Waals surface area contributed by atoms with Gasteiger partial charge in [-0.3, -0.25) is 10.1 Å². The third-order valence-corrected chi connectivity index (χ3v) is 4.38. The number of nitrogens with one attached hydrogen (secondary N) is 1. The fraction of sp³-hybridized carbons (Fsp3) is 0.143. The predicted octanol–water partition coefficient (Wildman–Crippen LogP) is 4.58. The molecule has 0 radical (unpaired) electrons. The smallest absolute Gasteiger partial charge is 0.270 e. The predicted molar refractivity (Wildman–Crippen MR) is 111 cm³/mol. The zero-order valence-electron chi connectivity index (χ0n) is 16.3. The van der Waals surface area contributed by atoms with Gasteiger partial charge < -0.3 is 9.84 Å². The molecule has 0 spiro atoms. The minimum Gasteiger partial charge on any atom is -0.360 e. The van der Waals surface area contributed by atoms with Gasteiger partial charge in [0.1, 0.15) is 5.82 Å². The van der Waals surface area contributed by atoms with Crippen LogP contribution in [0.4, 0.5) is 11.5 Å². The summed E-state index contributed by atoms with van der Waals surface area (Å²) in [4.78, 5) is 24.0. The summed E-state index contributed by atoms with van der Waals surface area (Å²) in [6, 6.07) is 17.3. The van der Waals surface area contributed by atoms with Crippen LogP contribution in [0.15, 0.2) is 65.2 Å². The summed E-state index contributed by atoms with van der Waals surface area (Å²) in [6.07, 6.45) is 0. The summed E-state index contributed by atoms with van der Waals surface area (Å²) in [5, 5.41) is 18.4.